The SMILES string of the molecule is CC(C)c1ccc(C2C(C#N)=C(N)N(c3nnc(SCC(=O)Nc4ccccc4)s3)C3=C2C(=O)CC(C)(C)C3)cc1. The van der Waals surface area contributed by atoms with Crippen molar-refractivity contribution in [2.45, 2.75) is 56.7 Å². The zero-order valence-electron chi connectivity index (χ0n) is 23.5. The van der Waals surface area contributed by atoms with Gasteiger partial charge in [-0.2, -0.15) is 5.26 Å². The van der Waals surface area contributed by atoms with E-state index in [-0.39, 0.29) is 28.7 Å². The van der Waals surface area contributed by atoms with Crippen molar-refractivity contribution in [1.29, 1.82) is 5.26 Å². The topological polar surface area (TPSA) is 125 Å². The highest BCUT2D eigenvalue weighted by molar-refractivity contribution is 8.01. The number of amides is 1. The van der Waals surface area contributed by atoms with Gasteiger partial charge in [0.25, 0.3) is 0 Å². The number of nitrogens with one attached hydrogen (secondary N) is 1. The number of rotatable bonds is 7. The number of nitrogens with two attached hydrogens (primary N) is 1. The number of hydrogen-bond acceptors (Lipinski definition) is 9. The third-order valence-electron chi connectivity index (χ3n) is 7.29. The van der Waals surface area contributed by atoms with Crippen molar-refractivity contribution in [3.05, 3.63) is 88.4 Å². The van der Waals surface area contributed by atoms with Gasteiger partial charge in [-0.05, 0) is 41.0 Å². The molecule has 1 aromatic heterocycles. The van der Waals surface area contributed by atoms with Gasteiger partial charge in [-0.1, -0.05) is 93.3 Å². The minimum atomic E-state index is -0.542. The van der Waals surface area contributed by atoms with Gasteiger partial charge in [-0.15, -0.1) is 10.2 Å². The molecule has 1 unspecified atom stereocenters. The number of hydrogen-bond donors (Lipinski definition) is 2. The highest BCUT2D eigenvalue weighted by atomic mass is 32.2. The Hall–Kier alpha value is -3.94. The zero-order chi connectivity index (χ0) is 29.3. The van der Waals surface area contributed by atoms with E-state index >= 15 is 0 Å². The fourth-order valence-electron chi connectivity index (χ4n) is 5.33. The van der Waals surface area contributed by atoms with E-state index in [9.17, 15) is 14.9 Å². The van der Waals surface area contributed by atoms with Crippen LogP contribution in [-0.4, -0.2) is 27.6 Å². The lowest BCUT2D eigenvalue weighted by Crippen LogP contribution is -2.42. The molecule has 10 heteroatoms. The van der Waals surface area contributed by atoms with Gasteiger partial charge in [-0.25, -0.2) is 0 Å². The van der Waals surface area contributed by atoms with E-state index < -0.39 is 5.92 Å². The van der Waals surface area contributed by atoms with Crippen LogP contribution in [0.4, 0.5) is 10.8 Å². The number of carbonyl (C=O) groups is 2. The van der Waals surface area contributed by atoms with Gasteiger partial charge in [0, 0.05) is 23.4 Å². The molecule has 0 saturated carbocycles. The van der Waals surface area contributed by atoms with Gasteiger partial charge in [0.2, 0.25) is 11.0 Å². The number of nitrogens with zero attached hydrogens (tertiary/aromatic N) is 4. The standard InChI is InChI=1S/C31H32N6O2S2/c1-18(2)19-10-12-20(13-11-19)26-22(16-32)28(33)37(23-14-31(3,4)15-24(38)27(23)26)29-35-36-30(41-29)40-17-25(39)34-21-8-6-5-7-9-21/h5-13,18,26H,14-15,17,33H2,1-4H3,(H,34,39). The van der Waals surface area contributed by atoms with Gasteiger partial charge in [0.05, 0.1) is 23.3 Å². The number of thioether (sulfide) groups is 1. The number of anilines is 2. The van der Waals surface area contributed by atoms with Gasteiger partial charge in [0.1, 0.15) is 5.82 Å². The number of ketones is 1. The molecular formula is C31H32N6O2S2. The third kappa shape index (κ3) is 5.92. The first kappa shape index (κ1) is 28.6. The van der Waals surface area contributed by atoms with Crippen LogP contribution in [0.15, 0.2) is 81.6 Å². The Morgan fingerprint density at radius 3 is 2.54 bits per heavy atom. The molecule has 8 nitrogen and oxygen atoms in total. The lowest BCUT2D eigenvalue weighted by Gasteiger charge is -2.42. The number of benzene rings is 2. The maximum absolute atomic E-state index is 13.7. The summed E-state index contributed by atoms with van der Waals surface area (Å²) in [7, 11) is 0. The quantitative estimate of drug-likeness (QED) is 0.309. The molecule has 2 heterocycles. The summed E-state index contributed by atoms with van der Waals surface area (Å²) >= 11 is 2.55. The van der Waals surface area contributed by atoms with E-state index in [0.29, 0.717) is 39.4 Å². The molecule has 2 aliphatic rings. The smallest absolute Gasteiger partial charge is 0.234 e. The second-order valence-electron chi connectivity index (χ2n) is 11.4. The van der Waals surface area contributed by atoms with Crippen molar-refractivity contribution >= 4 is 45.6 Å². The molecule has 5 rings (SSSR count). The fourth-order valence-corrected chi connectivity index (χ4v) is 7.01. The summed E-state index contributed by atoms with van der Waals surface area (Å²) < 4.78 is 0.587. The number of nitriles is 1. The molecule has 0 radical (unpaired) electrons. The van der Waals surface area contributed by atoms with Crippen LogP contribution in [-0.2, 0) is 9.59 Å². The van der Waals surface area contributed by atoms with Gasteiger partial charge in [0.15, 0.2) is 10.1 Å². The molecule has 0 fully saturated rings. The maximum atomic E-state index is 13.7. The molecule has 210 valence electrons. The van der Waals surface area contributed by atoms with E-state index in [1.54, 1.807) is 4.90 Å². The van der Waals surface area contributed by atoms with Crippen LogP contribution in [0.2, 0.25) is 0 Å². The number of Topliss-reactive ketones (excluding diaryl/α,β-unsaturated/α-hetero) is 1. The van der Waals surface area contributed by atoms with Crippen molar-refractivity contribution in [3.63, 3.8) is 0 Å². The van der Waals surface area contributed by atoms with E-state index in [2.05, 4.69) is 61.4 Å². The van der Waals surface area contributed by atoms with Crippen LogP contribution >= 0.6 is 23.1 Å². The van der Waals surface area contributed by atoms with Crippen LogP contribution in [0.25, 0.3) is 0 Å². The molecule has 0 bridgehead atoms. The summed E-state index contributed by atoms with van der Waals surface area (Å²) in [6, 6.07) is 19.7. The number of para-hydroxylation sites is 1. The van der Waals surface area contributed by atoms with E-state index in [1.165, 1.54) is 28.7 Å². The van der Waals surface area contributed by atoms with E-state index in [1.807, 2.05) is 42.5 Å². The first-order valence-electron chi connectivity index (χ1n) is 13.4. The highest BCUT2D eigenvalue weighted by Gasteiger charge is 2.45. The minimum Gasteiger partial charge on any atom is -0.384 e. The normalized spacial score (nSPS) is 18.4. The first-order chi connectivity index (χ1) is 19.6. The molecule has 2 aromatic carbocycles. The highest BCUT2D eigenvalue weighted by Crippen LogP contribution is 2.50. The molecule has 1 aliphatic heterocycles. The summed E-state index contributed by atoms with van der Waals surface area (Å²) in [6.07, 6.45) is 0.974. The molecule has 3 N–H and O–H groups in total. The summed E-state index contributed by atoms with van der Waals surface area (Å²) in [5, 5.41) is 22.3. The number of aromatic nitrogens is 2. The van der Waals surface area contributed by atoms with Crippen LogP contribution in [0.5, 0.6) is 0 Å². The first-order valence-corrected chi connectivity index (χ1v) is 15.3. The van der Waals surface area contributed by atoms with Crippen molar-refractivity contribution in [2.75, 3.05) is 16.0 Å². The largest absolute Gasteiger partial charge is 0.384 e. The predicted octanol–water partition coefficient (Wildman–Crippen LogP) is 6.33. The fraction of sp³-hybridized carbons (Fsp3) is 0.323. The summed E-state index contributed by atoms with van der Waals surface area (Å²) in [6.45, 7) is 8.38. The molecule has 0 saturated heterocycles. The van der Waals surface area contributed by atoms with Gasteiger partial charge < -0.3 is 11.1 Å². The summed E-state index contributed by atoms with van der Waals surface area (Å²) in [4.78, 5) is 27.9. The van der Waals surface area contributed by atoms with Crippen molar-refractivity contribution in [3.8, 4) is 6.07 Å². The van der Waals surface area contributed by atoms with Gasteiger partial charge in [-0.3, -0.25) is 14.5 Å². The van der Waals surface area contributed by atoms with Crippen LogP contribution in [0.1, 0.15) is 63.5 Å². The molecular weight excluding hydrogens is 553 g/mol. The molecule has 1 atom stereocenters. The molecule has 1 aliphatic carbocycles. The second kappa shape index (κ2) is 11.5. The lowest BCUT2D eigenvalue weighted by atomic mass is 9.68. The number of allylic oxidation sites excluding steroid dienone is 3. The summed E-state index contributed by atoms with van der Waals surface area (Å²) in [5.74, 6) is 0.0901. The average Bonchev–Trinajstić information content (AvgIpc) is 3.39. The van der Waals surface area contributed by atoms with Crippen molar-refractivity contribution in [1.82, 2.24) is 10.2 Å². The maximum Gasteiger partial charge on any atom is 0.234 e. The Labute approximate surface area is 248 Å². The molecule has 1 amide bonds. The monoisotopic (exact) mass is 584 g/mol. The zero-order valence-corrected chi connectivity index (χ0v) is 25.1. The summed E-state index contributed by atoms with van der Waals surface area (Å²) in [5.41, 5.74) is 10.9. The Bertz CT molecular complexity index is 1580. The average molecular weight is 585 g/mol. The van der Waals surface area contributed by atoms with Crippen molar-refractivity contribution in [2.24, 2.45) is 11.1 Å². The number of carbonyl (C=O) groups excluding carboxylic acids is 2. The second-order valence-corrected chi connectivity index (χ2v) is 13.5. The van der Waals surface area contributed by atoms with Gasteiger partial charge >= 0.3 is 0 Å². The predicted molar refractivity (Wildman–Crippen MR) is 163 cm³/mol. The molecule has 3 aromatic rings. The Morgan fingerprint density at radius 2 is 1.88 bits per heavy atom. The lowest BCUT2D eigenvalue weighted by molar-refractivity contribution is -0.118. The minimum absolute atomic E-state index is 0.0103. The van der Waals surface area contributed by atoms with E-state index in [0.717, 1.165) is 16.9 Å². The molecule has 41 heavy (non-hydrogen) atoms. The van der Waals surface area contributed by atoms with E-state index in [4.69, 9.17) is 5.73 Å². The Kier molecular flexibility index (Phi) is 8.02. The van der Waals surface area contributed by atoms with Crippen molar-refractivity contribution < 1.29 is 9.59 Å². The molecule has 0 spiro atoms. The van der Waals surface area contributed by atoms with Crippen LogP contribution < -0.4 is 16.0 Å². The Morgan fingerprint density at radius 1 is 1.17 bits per heavy atom. The van der Waals surface area contributed by atoms with Crippen LogP contribution in [0, 0.1) is 16.7 Å². The third-order valence-corrected chi connectivity index (χ3v) is 9.33. The van der Waals surface area contributed by atoms with Crippen LogP contribution in [0.3, 0.4) is 0 Å². The Balaban J connectivity index is 1.48.